The van der Waals surface area contributed by atoms with Crippen LogP contribution in [0, 0.1) is 0 Å². The lowest BCUT2D eigenvalue weighted by atomic mass is 10.1. The molecule has 0 saturated carbocycles. The number of nitrogens with zero attached hydrogens (tertiary/aromatic N) is 1. The van der Waals surface area contributed by atoms with Crippen LogP contribution in [0.1, 0.15) is 16.8 Å². The van der Waals surface area contributed by atoms with E-state index in [1.54, 1.807) is 18.2 Å². The number of likely N-dealkylation sites (tertiary alicyclic amines) is 1. The summed E-state index contributed by atoms with van der Waals surface area (Å²) in [6.07, 6.45) is 1.10. The Balaban J connectivity index is 2.26. The maximum Gasteiger partial charge on any atom is 0.253 e. The molecule has 0 radical (unpaired) electrons. The van der Waals surface area contributed by atoms with E-state index >= 15 is 0 Å². The third kappa shape index (κ3) is 1.93. The van der Waals surface area contributed by atoms with Crippen molar-refractivity contribution in [2.75, 3.05) is 13.1 Å². The van der Waals surface area contributed by atoms with Crippen molar-refractivity contribution in [3.63, 3.8) is 0 Å². The monoisotopic (exact) mass is 273 g/mol. The molecule has 1 aromatic rings. The van der Waals surface area contributed by atoms with Crippen LogP contribution >= 0.6 is 27.5 Å². The molecule has 0 unspecified atom stereocenters. The van der Waals surface area contributed by atoms with E-state index in [-0.39, 0.29) is 5.91 Å². The third-order valence-corrected chi connectivity index (χ3v) is 2.93. The number of benzene rings is 1. The van der Waals surface area contributed by atoms with Crippen molar-refractivity contribution in [2.45, 2.75) is 6.42 Å². The Morgan fingerprint density at radius 3 is 2.57 bits per heavy atom. The Kier molecular flexibility index (Phi) is 2.79. The number of rotatable bonds is 1. The zero-order chi connectivity index (χ0) is 10.1. The first kappa shape index (κ1) is 9.99. The van der Waals surface area contributed by atoms with Crippen LogP contribution in [0.25, 0.3) is 0 Å². The zero-order valence-corrected chi connectivity index (χ0v) is 9.81. The second kappa shape index (κ2) is 3.91. The number of hydrogen-bond acceptors (Lipinski definition) is 1. The van der Waals surface area contributed by atoms with E-state index in [0.717, 1.165) is 24.0 Å². The van der Waals surface area contributed by atoms with Gasteiger partial charge in [0.25, 0.3) is 5.91 Å². The largest absolute Gasteiger partial charge is 0.339 e. The van der Waals surface area contributed by atoms with Gasteiger partial charge in [-0.15, -0.1) is 0 Å². The van der Waals surface area contributed by atoms with E-state index in [9.17, 15) is 4.79 Å². The summed E-state index contributed by atoms with van der Waals surface area (Å²) in [4.78, 5) is 13.6. The summed E-state index contributed by atoms with van der Waals surface area (Å²) in [5.41, 5.74) is 0.657. The van der Waals surface area contributed by atoms with Crippen LogP contribution in [0.5, 0.6) is 0 Å². The molecule has 14 heavy (non-hydrogen) atoms. The lowest BCUT2D eigenvalue weighted by Gasteiger charge is -2.31. The standard InChI is InChI=1S/C10H9BrClNO/c11-8-4-7(5-9(12)6-8)10(14)13-2-1-3-13/h4-6H,1-3H2. The predicted octanol–water partition coefficient (Wildman–Crippen LogP) is 2.95. The minimum absolute atomic E-state index is 0.0689. The van der Waals surface area contributed by atoms with Crippen LogP contribution in [-0.4, -0.2) is 23.9 Å². The molecule has 1 saturated heterocycles. The van der Waals surface area contributed by atoms with Crippen LogP contribution in [0.3, 0.4) is 0 Å². The van der Waals surface area contributed by atoms with Crippen molar-refractivity contribution >= 4 is 33.4 Å². The average Bonchev–Trinajstić information content (AvgIpc) is 1.98. The van der Waals surface area contributed by atoms with Gasteiger partial charge in [0.15, 0.2) is 0 Å². The van der Waals surface area contributed by atoms with Crippen LogP contribution in [0.2, 0.25) is 5.02 Å². The van der Waals surface area contributed by atoms with Gasteiger partial charge < -0.3 is 4.90 Å². The smallest absolute Gasteiger partial charge is 0.253 e. The molecule has 1 heterocycles. The van der Waals surface area contributed by atoms with Gasteiger partial charge in [-0.2, -0.15) is 0 Å². The van der Waals surface area contributed by atoms with E-state index in [0.29, 0.717) is 10.6 Å². The molecule has 2 rings (SSSR count). The minimum Gasteiger partial charge on any atom is -0.339 e. The number of carbonyl (C=O) groups excluding carboxylic acids is 1. The lowest BCUT2D eigenvalue weighted by Crippen LogP contribution is -2.42. The topological polar surface area (TPSA) is 20.3 Å². The highest BCUT2D eigenvalue weighted by atomic mass is 79.9. The maximum absolute atomic E-state index is 11.8. The predicted molar refractivity (Wildman–Crippen MR) is 59.7 cm³/mol. The van der Waals surface area contributed by atoms with E-state index in [1.165, 1.54) is 0 Å². The van der Waals surface area contributed by atoms with Gasteiger partial charge >= 0.3 is 0 Å². The fraction of sp³-hybridized carbons (Fsp3) is 0.300. The second-order valence-corrected chi connectivity index (χ2v) is 4.66. The Labute approximate surface area is 96.0 Å². The highest BCUT2D eigenvalue weighted by Crippen LogP contribution is 2.21. The summed E-state index contributed by atoms with van der Waals surface area (Å²) in [5.74, 6) is 0.0689. The molecule has 1 aromatic carbocycles. The molecule has 0 atom stereocenters. The van der Waals surface area contributed by atoms with Crippen LogP contribution < -0.4 is 0 Å². The highest BCUT2D eigenvalue weighted by molar-refractivity contribution is 9.10. The SMILES string of the molecule is O=C(c1cc(Cl)cc(Br)c1)N1CCC1. The minimum atomic E-state index is 0.0689. The van der Waals surface area contributed by atoms with Gasteiger partial charge in [-0.05, 0) is 24.6 Å². The number of hydrogen-bond donors (Lipinski definition) is 0. The Morgan fingerprint density at radius 1 is 1.36 bits per heavy atom. The number of carbonyl (C=O) groups is 1. The normalized spacial score (nSPS) is 15.1. The molecule has 1 aliphatic rings. The van der Waals surface area contributed by atoms with Crippen molar-refractivity contribution in [1.82, 2.24) is 4.90 Å². The molecular weight excluding hydrogens is 265 g/mol. The van der Waals surface area contributed by atoms with E-state index in [1.807, 2.05) is 4.90 Å². The average molecular weight is 275 g/mol. The quantitative estimate of drug-likeness (QED) is 0.771. The van der Waals surface area contributed by atoms with Gasteiger partial charge in [-0.25, -0.2) is 0 Å². The van der Waals surface area contributed by atoms with Gasteiger partial charge in [-0.1, -0.05) is 27.5 Å². The van der Waals surface area contributed by atoms with Gasteiger partial charge in [0.1, 0.15) is 0 Å². The Morgan fingerprint density at radius 2 is 2.07 bits per heavy atom. The number of amides is 1. The molecule has 1 fully saturated rings. The van der Waals surface area contributed by atoms with Crippen LogP contribution in [0.4, 0.5) is 0 Å². The van der Waals surface area contributed by atoms with Crippen LogP contribution in [0.15, 0.2) is 22.7 Å². The fourth-order valence-electron chi connectivity index (χ4n) is 1.38. The molecule has 74 valence electrons. The Hall–Kier alpha value is -0.540. The highest BCUT2D eigenvalue weighted by Gasteiger charge is 2.21. The Bertz CT molecular complexity index is 356. The zero-order valence-electron chi connectivity index (χ0n) is 7.46. The molecule has 1 amide bonds. The summed E-state index contributed by atoms with van der Waals surface area (Å²) in [7, 11) is 0. The van der Waals surface area contributed by atoms with E-state index < -0.39 is 0 Å². The summed E-state index contributed by atoms with van der Waals surface area (Å²) in [6, 6.07) is 5.27. The van der Waals surface area contributed by atoms with E-state index in [4.69, 9.17) is 11.6 Å². The van der Waals surface area contributed by atoms with Gasteiger partial charge in [0, 0.05) is 28.1 Å². The molecule has 0 aliphatic carbocycles. The van der Waals surface area contributed by atoms with Crippen molar-refractivity contribution in [3.8, 4) is 0 Å². The molecule has 0 spiro atoms. The first-order valence-corrected chi connectivity index (χ1v) is 5.59. The third-order valence-electron chi connectivity index (χ3n) is 2.25. The maximum atomic E-state index is 11.8. The van der Waals surface area contributed by atoms with E-state index in [2.05, 4.69) is 15.9 Å². The van der Waals surface area contributed by atoms with Crippen molar-refractivity contribution in [2.24, 2.45) is 0 Å². The molecule has 4 heteroatoms. The van der Waals surface area contributed by atoms with Gasteiger partial charge in [-0.3, -0.25) is 4.79 Å². The summed E-state index contributed by atoms with van der Waals surface area (Å²) < 4.78 is 0.842. The van der Waals surface area contributed by atoms with Gasteiger partial charge in [0.2, 0.25) is 0 Å². The number of halogens is 2. The molecule has 0 bridgehead atoms. The lowest BCUT2D eigenvalue weighted by molar-refractivity contribution is 0.0652. The molecule has 1 aliphatic heterocycles. The summed E-state index contributed by atoms with van der Waals surface area (Å²) in [6.45, 7) is 1.73. The van der Waals surface area contributed by atoms with Crippen molar-refractivity contribution in [3.05, 3.63) is 33.3 Å². The fourth-order valence-corrected chi connectivity index (χ4v) is 2.24. The molecular formula is C10H9BrClNO. The van der Waals surface area contributed by atoms with Crippen molar-refractivity contribution < 1.29 is 4.79 Å². The summed E-state index contributed by atoms with van der Waals surface area (Å²) in [5, 5.41) is 0.586. The first-order chi connectivity index (χ1) is 6.66. The van der Waals surface area contributed by atoms with Crippen molar-refractivity contribution in [1.29, 1.82) is 0 Å². The van der Waals surface area contributed by atoms with Crippen LogP contribution in [-0.2, 0) is 0 Å². The summed E-state index contributed by atoms with van der Waals surface area (Å²) >= 11 is 9.17. The molecule has 0 N–H and O–H groups in total. The van der Waals surface area contributed by atoms with Gasteiger partial charge in [0.05, 0.1) is 0 Å². The molecule has 0 aromatic heterocycles. The molecule has 2 nitrogen and oxygen atoms in total. The second-order valence-electron chi connectivity index (χ2n) is 3.30. The first-order valence-electron chi connectivity index (χ1n) is 4.42.